The molecule has 0 bridgehead atoms. The van der Waals surface area contributed by atoms with Crippen molar-refractivity contribution in [2.45, 2.75) is 40.2 Å². The maximum Gasteiger partial charge on any atom is 0.309 e. The van der Waals surface area contributed by atoms with Crippen LogP contribution >= 0.6 is 0 Å². The molecule has 0 amide bonds. The van der Waals surface area contributed by atoms with Crippen LogP contribution < -0.4 is 0 Å². The molecule has 4 heteroatoms. The third kappa shape index (κ3) is 2.62. The highest BCUT2D eigenvalue weighted by atomic mass is 16.4. The number of aliphatic carboxylic acids is 1. The normalized spacial score (nSPS) is 11.9. The third-order valence-corrected chi connectivity index (χ3v) is 3.59. The van der Waals surface area contributed by atoms with E-state index in [1.54, 1.807) is 13.8 Å². The Bertz CT molecular complexity index is 599. The fourth-order valence-corrected chi connectivity index (χ4v) is 2.14. The van der Waals surface area contributed by atoms with Crippen LogP contribution in [0.2, 0.25) is 0 Å². The second-order valence-electron chi connectivity index (χ2n) is 5.46. The molecule has 0 radical (unpaired) electrons. The molecule has 0 aliphatic rings. The topological polar surface area (TPSA) is 55.1 Å². The van der Waals surface area contributed by atoms with Gasteiger partial charge in [-0.3, -0.25) is 4.79 Å². The highest BCUT2D eigenvalue weighted by Gasteiger charge is 2.27. The predicted octanol–water partition coefficient (Wildman–Crippen LogP) is 3.10. The Morgan fingerprint density at radius 1 is 1.37 bits per heavy atom. The maximum absolute atomic E-state index is 11.2. The Morgan fingerprint density at radius 3 is 2.68 bits per heavy atom. The van der Waals surface area contributed by atoms with Crippen molar-refractivity contribution in [2.75, 3.05) is 0 Å². The molecule has 0 saturated carbocycles. The van der Waals surface area contributed by atoms with Crippen LogP contribution in [0.5, 0.6) is 0 Å². The van der Waals surface area contributed by atoms with Gasteiger partial charge in [0.25, 0.3) is 0 Å². The van der Waals surface area contributed by atoms with Crippen molar-refractivity contribution < 1.29 is 9.90 Å². The number of aromatic nitrogens is 2. The molecule has 1 aromatic carbocycles. The lowest BCUT2D eigenvalue weighted by molar-refractivity contribution is -0.147. The molecule has 0 saturated heterocycles. The summed E-state index contributed by atoms with van der Waals surface area (Å²) >= 11 is 0. The van der Waals surface area contributed by atoms with Crippen LogP contribution in [-0.4, -0.2) is 20.6 Å². The van der Waals surface area contributed by atoms with Crippen LogP contribution in [0.1, 0.15) is 33.0 Å². The van der Waals surface area contributed by atoms with Crippen molar-refractivity contribution in [3.05, 3.63) is 30.1 Å². The molecule has 1 heterocycles. The summed E-state index contributed by atoms with van der Waals surface area (Å²) in [6.07, 6.45) is 1.44. The fraction of sp³-hybridized carbons (Fsp3) is 0.467. The van der Waals surface area contributed by atoms with Gasteiger partial charge in [-0.1, -0.05) is 19.1 Å². The number of fused-ring (bicyclic) bond motifs is 1. The summed E-state index contributed by atoms with van der Waals surface area (Å²) in [6.45, 7) is 6.28. The van der Waals surface area contributed by atoms with Crippen molar-refractivity contribution in [3.8, 4) is 0 Å². The number of carboxylic acids is 1. The molecule has 19 heavy (non-hydrogen) atoms. The minimum Gasteiger partial charge on any atom is -0.481 e. The van der Waals surface area contributed by atoms with Gasteiger partial charge in [0.15, 0.2) is 0 Å². The summed E-state index contributed by atoms with van der Waals surface area (Å²) in [5.74, 6) is 0.261. The summed E-state index contributed by atoms with van der Waals surface area (Å²) < 4.78 is 2.14. The van der Waals surface area contributed by atoms with Gasteiger partial charge in [0.05, 0.1) is 16.4 Å². The van der Waals surface area contributed by atoms with Crippen LogP contribution in [0.3, 0.4) is 0 Å². The number of aryl methyl sites for hydroxylation is 2. The minimum absolute atomic E-state index is 0.593. The van der Waals surface area contributed by atoms with Gasteiger partial charge < -0.3 is 9.67 Å². The zero-order valence-corrected chi connectivity index (χ0v) is 11.7. The molecule has 102 valence electrons. The largest absolute Gasteiger partial charge is 0.481 e. The first-order chi connectivity index (χ1) is 8.95. The number of nitrogens with zero attached hydrogens (tertiary/aromatic N) is 2. The standard InChI is InChI=1S/C15H20N2O2/c1-4-13-16-11-7-5-6-8-12(11)17(13)10-9-15(2,3)14(18)19/h5-8H,4,9-10H2,1-3H3,(H,18,19). The second-order valence-corrected chi connectivity index (χ2v) is 5.46. The van der Waals surface area contributed by atoms with Crippen LogP contribution in [0.15, 0.2) is 24.3 Å². The van der Waals surface area contributed by atoms with Crippen molar-refractivity contribution in [2.24, 2.45) is 5.41 Å². The quantitative estimate of drug-likeness (QED) is 0.898. The van der Waals surface area contributed by atoms with E-state index in [4.69, 9.17) is 0 Å². The Hall–Kier alpha value is -1.84. The molecular weight excluding hydrogens is 240 g/mol. The first kappa shape index (κ1) is 13.6. The molecule has 0 spiro atoms. The highest BCUT2D eigenvalue weighted by molar-refractivity contribution is 5.76. The predicted molar refractivity (Wildman–Crippen MR) is 75.1 cm³/mol. The lowest BCUT2D eigenvalue weighted by atomic mass is 9.89. The SMILES string of the molecule is CCc1nc2ccccc2n1CCC(C)(C)C(=O)O. The molecular formula is C15H20N2O2. The molecule has 2 rings (SSSR count). The lowest BCUT2D eigenvalue weighted by Crippen LogP contribution is -2.25. The van der Waals surface area contributed by atoms with Crippen LogP contribution in [-0.2, 0) is 17.8 Å². The maximum atomic E-state index is 11.2. The molecule has 2 aromatic rings. The summed E-state index contributed by atoms with van der Waals surface area (Å²) in [5, 5.41) is 9.18. The lowest BCUT2D eigenvalue weighted by Gasteiger charge is -2.20. The van der Waals surface area contributed by atoms with Crippen LogP contribution in [0.25, 0.3) is 11.0 Å². The molecule has 0 aliphatic carbocycles. The van der Waals surface area contributed by atoms with E-state index in [0.717, 1.165) is 23.3 Å². The van der Waals surface area contributed by atoms with Crippen LogP contribution in [0, 0.1) is 5.41 Å². The van der Waals surface area contributed by atoms with Crippen molar-refractivity contribution in [1.82, 2.24) is 9.55 Å². The molecule has 0 aliphatic heterocycles. The Balaban J connectivity index is 2.32. The number of carboxylic acid groups (broad SMARTS) is 1. The number of hydrogen-bond donors (Lipinski definition) is 1. The molecule has 1 aromatic heterocycles. The highest BCUT2D eigenvalue weighted by Crippen LogP contribution is 2.24. The Labute approximate surface area is 113 Å². The smallest absolute Gasteiger partial charge is 0.309 e. The van der Waals surface area contributed by atoms with Gasteiger partial charge in [0.1, 0.15) is 5.82 Å². The van der Waals surface area contributed by atoms with Gasteiger partial charge >= 0.3 is 5.97 Å². The summed E-state index contributed by atoms with van der Waals surface area (Å²) in [7, 11) is 0. The van der Waals surface area contributed by atoms with Gasteiger partial charge in [-0.05, 0) is 32.4 Å². The van der Waals surface area contributed by atoms with E-state index in [2.05, 4.69) is 16.5 Å². The third-order valence-electron chi connectivity index (χ3n) is 3.59. The Kier molecular flexibility index (Phi) is 3.60. The second kappa shape index (κ2) is 5.03. The van der Waals surface area contributed by atoms with Crippen molar-refractivity contribution in [3.63, 3.8) is 0 Å². The van der Waals surface area contributed by atoms with E-state index in [-0.39, 0.29) is 0 Å². The number of benzene rings is 1. The average molecular weight is 260 g/mol. The van der Waals surface area contributed by atoms with Gasteiger partial charge in [-0.2, -0.15) is 0 Å². The first-order valence-electron chi connectivity index (χ1n) is 6.63. The van der Waals surface area contributed by atoms with Gasteiger partial charge in [-0.25, -0.2) is 4.98 Å². The molecule has 0 atom stereocenters. The van der Waals surface area contributed by atoms with Gasteiger partial charge in [-0.15, -0.1) is 0 Å². The summed E-state index contributed by atoms with van der Waals surface area (Å²) in [5.41, 5.74) is 1.35. The van der Waals surface area contributed by atoms with E-state index in [9.17, 15) is 9.90 Å². The van der Waals surface area contributed by atoms with Crippen molar-refractivity contribution >= 4 is 17.0 Å². The van der Waals surface area contributed by atoms with Gasteiger partial charge in [0.2, 0.25) is 0 Å². The van der Waals surface area contributed by atoms with Gasteiger partial charge in [0, 0.05) is 13.0 Å². The fourth-order valence-electron chi connectivity index (χ4n) is 2.14. The van der Waals surface area contributed by atoms with E-state index in [1.807, 2.05) is 24.3 Å². The first-order valence-corrected chi connectivity index (χ1v) is 6.63. The average Bonchev–Trinajstić information content (AvgIpc) is 2.74. The minimum atomic E-state index is -0.755. The van der Waals surface area contributed by atoms with E-state index < -0.39 is 11.4 Å². The number of carbonyl (C=O) groups is 1. The zero-order valence-electron chi connectivity index (χ0n) is 11.7. The van der Waals surface area contributed by atoms with E-state index >= 15 is 0 Å². The molecule has 0 unspecified atom stereocenters. The zero-order chi connectivity index (χ0) is 14.0. The Morgan fingerprint density at radius 2 is 2.05 bits per heavy atom. The van der Waals surface area contributed by atoms with Crippen molar-refractivity contribution in [1.29, 1.82) is 0 Å². The monoisotopic (exact) mass is 260 g/mol. The van der Waals surface area contributed by atoms with E-state index in [1.165, 1.54) is 0 Å². The summed E-state index contributed by atoms with van der Waals surface area (Å²) in [4.78, 5) is 15.8. The summed E-state index contributed by atoms with van der Waals surface area (Å²) in [6, 6.07) is 7.99. The number of rotatable bonds is 5. The molecule has 1 N–H and O–H groups in total. The molecule has 0 fully saturated rings. The number of para-hydroxylation sites is 2. The van der Waals surface area contributed by atoms with Crippen LogP contribution in [0.4, 0.5) is 0 Å². The number of hydrogen-bond acceptors (Lipinski definition) is 2. The van der Waals surface area contributed by atoms with E-state index in [0.29, 0.717) is 13.0 Å². The number of imidazole rings is 1. The molecule has 4 nitrogen and oxygen atoms in total.